The van der Waals surface area contributed by atoms with Crippen LogP contribution in [0.1, 0.15) is 85.5 Å². The zero-order chi connectivity index (χ0) is 34.4. The van der Waals surface area contributed by atoms with Gasteiger partial charge in [-0.2, -0.15) is 0 Å². The minimum Gasteiger partial charge on any atom is -0.481 e. The maximum atomic E-state index is 11.6. The predicted octanol–water partition coefficient (Wildman–Crippen LogP) is 4.58. The third-order valence-corrected chi connectivity index (χ3v) is 6.99. The van der Waals surface area contributed by atoms with Gasteiger partial charge in [0.1, 0.15) is 6.61 Å². The average Bonchev–Trinajstić information content (AvgIpc) is 3.61. The molecule has 5 N–H and O–H groups in total. The summed E-state index contributed by atoms with van der Waals surface area (Å²) in [5.41, 5.74) is 10.0. The van der Waals surface area contributed by atoms with Crippen LogP contribution in [0.3, 0.4) is 0 Å². The van der Waals surface area contributed by atoms with Gasteiger partial charge in [0.05, 0.1) is 54.5 Å². The number of amides is 3. The molecule has 2 unspecified atom stereocenters. The Balaban J connectivity index is 0. The highest BCUT2D eigenvalue weighted by Crippen LogP contribution is 2.28. The number of carbonyl (C=O) groups excluding carboxylic acids is 3. The number of benzene rings is 1. The lowest BCUT2D eigenvalue weighted by Crippen LogP contribution is -2.32. The van der Waals surface area contributed by atoms with Crippen LogP contribution in [0, 0.1) is 12.3 Å². The smallest absolute Gasteiger partial charge is 0.305 e. The topological polar surface area (TPSA) is 181 Å². The molecule has 1 aliphatic heterocycles. The van der Waals surface area contributed by atoms with Gasteiger partial charge >= 0.3 is 5.97 Å². The van der Waals surface area contributed by atoms with Gasteiger partial charge in [0, 0.05) is 19.5 Å². The third kappa shape index (κ3) is 20.6. The number of thiazole rings is 1. The van der Waals surface area contributed by atoms with E-state index >= 15 is 0 Å². The number of nitrogens with one attached hydrogen (secondary N) is 1. The minimum absolute atomic E-state index is 0. The standard InChI is InChI=1S/C13H14N2OS.C10H19NO2.C7H13NO5.C2H6.CH4/c1-9(14-7-16)11-3-5-12(6-4-11)13-10(2)15-8-17-13;1-10(2,3)6-9(13)11-5-4-8(12)7-11;8-6(9)5-13-4-3-12-2-1-7(10)11;1-2;/h3-9H,1-2H3,(H,14,16);8,12H,4-7H2,1-3H3;1-5H2,(H2,8,9)(H,10,11);1-2H3;1H4. The van der Waals surface area contributed by atoms with E-state index in [2.05, 4.69) is 43.2 Å². The number of aliphatic hydroxyl groups excluding tert-OH is 1. The number of primary amides is 1. The van der Waals surface area contributed by atoms with Crippen LogP contribution in [-0.2, 0) is 28.7 Å². The van der Waals surface area contributed by atoms with Gasteiger partial charge in [-0.3, -0.25) is 19.2 Å². The first-order valence-corrected chi connectivity index (χ1v) is 15.9. The highest BCUT2D eigenvalue weighted by Gasteiger charge is 2.27. The first-order chi connectivity index (χ1) is 21.2. The monoisotopic (exact) mass is 668 g/mol. The number of ether oxygens (including phenoxy) is 2. The summed E-state index contributed by atoms with van der Waals surface area (Å²) in [5, 5.41) is 20.2. The fourth-order valence-electron chi connectivity index (χ4n) is 3.79. The second-order valence-corrected chi connectivity index (χ2v) is 12.0. The lowest BCUT2D eigenvalue weighted by molar-refractivity contribution is -0.138. The fourth-order valence-corrected chi connectivity index (χ4v) is 4.60. The lowest BCUT2D eigenvalue weighted by atomic mass is 9.92. The molecule has 1 aromatic carbocycles. The molecule has 3 amide bonds. The van der Waals surface area contributed by atoms with Crippen LogP contribution in [-0.4, -0.2) is 89.9 Å². The summed E-state index contributed by atoms with van der Waals surface area (Å²) in [4.78, 5) is 49.4. The van der Waals surface area contributed by atoms with E-state index in [1.807, 2.05) is 45.3 Å². The number of rotatable bonds is 13. The number of aryl methyl sites for hydroxylation is 1. The van der Waals surface area contributed by atoms with Gasteiger partial charge in [-0.1, -0.05) is 66.3 Å². The van der Waals surface area contributed by atoms with Crippen LogP contribution in [0.4, 0.5) is 0 Å². The number of nitrogens with two attached hydrogens (primary N) is 1. The molecule has 0 bridgehead atoms. The molecule has 1 fully saturated rings. The van der Waals surface area contributed by atoms with Gasteiger partial charge < -0.3 is 35.6 Å². The molecule has 2 atom stereocenters. The highest BCUT2D eigenvalue weighted by molar-refractivity contribution is 7.13. The van der Waals surface area contributed by atoms with Gasteiger partial charge in [-0.25, -0.2) is 4.98 Å². The van der Waals surface area contributed by atoms with Gasteiger partial charge in [0.2, 0.25) is 18.2 Å². The Hall–Kier alpha value is -3.39. The second kappa shape index (κ2) is 24.8. The quantitative estimate of drug-likeness (QED) is 0.175. The molecule has 1 aliphatic rings. The first-order valence-electron chi connectivity index (χ1n) is 15.0. The number of aliphatic carboxylic acids is 1. The number of β-amino-alcohol motifs (C(OH)–C–C–N with tert-alkyl or cyclic N) is 1. The fraction of sp³-hybridized carbons (Fsp3) is 0.606. The lowest BCUT2D eigenvalue weighted by Gasteiger charge is -2.22. The van der Waals surface area contributed by atoms with Crippen molar-refractivity contribution in [2.75, 3.05) is 39.5 Å². The van der Waals surface area contributed by atoms with Crippen molar-refractivity contribution < 1.29 is 38.9 Å². The van der Waals surface area contributed by atoms with E-state index in [4.69, 9.17) is 20.3 Å². The number of carboxylic acids is 1. The highest BCUT2D eigenvalue weighted by atomic mass is 32.1. The maximum absolute atomic E-state index is 11.6. The largest absolute Gasteiger partial charge is 0.481 e. The summed E-state index contributed by atoms with van der Waals surface area (Å²) in [6.07, 6.45) is 1.70. The summed E-state index contributed by atoms with van der Waals surface area (Å²) in [6.45, 7) is 15.9. The number of hydrogen-bond donors (Lipinski definition) is 4. The van der Waals surface area contributed by atoms with Crippen molar-refractivity contribution >= 4 is 35.5 Å². The average molecular weight is 669 g/mol. The van der Waals surface area contributed by atoms with Crippen molar-refractivity contribution in [1.29, 1.82) is 0 Å². The Kier molecular flexibility index (Phi) is 24.1. The number of carbonyl (C=O) groups is 4. The van der Waals surface area contributed by atoms with Gasteiger partial charge in [0.15, 0.2) is 0 Å². The van der Waals surface area contributed by atoms with Crippen LogP contribution in [0.25, 0.3) is 10.4 Å². The summed E-state index contributed by atoms with van der Waals surface area (Å²) in [6, 6.07) is 8.26. The van der Waals surface area contributed by atoms with E-state index in [-0.39, 0.29) is 63.7 Å². The van der Waals surface area contributed by atoms with Gasteiger partial charge in [-0.15, -0.1) is 11.3 Å². The Bertz CT molecular complexity index is 1120. The van der Waals surface area contributed by atoms with Crippen LogP contribution >= 0.6 is 11.3 Å². The summed E-state index contributed by atoms with van der Waals surface area (Å²) in [5.74, 6) is -1.27. The molecule has 2 heterocycles. The van der Waals surface area contributed by atoms with Crippen molar-refractivity contribution in [3.05, 3.63) is 41.0 Å². The molecule has 3 rings (SSSR count). The predicted molar refractivity (Wildman–Crippen MR) is 182 cm³/mol. The molecule has 1 saturated heterocycles. The van der Waals surface area contributed by atoms with Gasteiger partial charge in [0.25, 0.3) is 0 Å². The molecule has 0 saturated carbocycles. The maximum Gasteiger partial charge on any atom is 0.305 e. The molecule has 1 aromatic heterocycles. The van der Waals surface area contributed by atoms with Crippen LogP contribution in [0.15, 0.2) is 29.8 Å². The number of carboxylic acid groups (broad SMARTS) is 1. The first kappa shape index (κ1) is 44.7. The zero-order valence-corrected chi connectivity index (χ0v) is 28.5. The molecule has 46 heavy (non-hydrogen) atoms. The second-order valence-electron chi connectivity index (χ2n) is 11.2. The normalized spacial score (nSPS) is 14.1. The Morgan fingerprint density at radius 3 is 2.22 bits per heavy atom. The van der Waals surface area contributed by atoms with Crippen molar-refractivity contribution in [2.45, 2.75) is 87.3 Å². The van der Waals surface area contributed by atoms with Gasteiger partial charge in [-0.05, 0) is 36.8 Å². The van der Waals surface area contributed by atoms with E-state index in [1.165, 1.54) is 10.4 Å². The third-order valence-electron chi connectivity index (χ3n) is 6.01. The summed E-state index contributed by atoms with van der Waals surface area (Å²) < 4.78 is 9.62. The minimum atomic E-state index is -0.905. The van der Waals surface area contributed by atoms with E-state index in [1.54, 1.807) is 16.2 Å². The zero-order valence-electron chi connectivity index (χ0n) is 27.7. The molecule has 0 radical (unpaired) electrons. The Morgan fingerprint density at radius 1 is 1.15 bits per heavy atom. The van der Waals surface area contributed by atoms with Crippen molar-refractivity contribution in [3.63, 3.8) is 0 Å². The number of nitrogens with zero attached hydrogens (tertiary/aromatic N) is 2. The van der Waals surface area contributed by atoms with Crippen molar-refractivity contribution in [1.82, 2.24) is 15.2 Å². The van der Waals surface area contributed by atoms with Crippen molar-refractivity contribution in [2.24, 2.45) is 11.1 Å². The molecule has 13 heteroatoms. The Morgan fingerprint density at radius 2 is 1.76 bits per heavy atom. The number of likely N-dealkylation sites (tertiary alicyclic amines) is 1. The number of aliphatic hydroxyl groups is 1. The van der Waals surface area contributed by atoms with Crippen LogP contribution in [0.2, 0.25) is 0 Å². The van der Waals surface area contributed by atoms with Crippen LogP contribution < -0.4 is 11.1 Å². The SMILES string of the molecule is C.CC.CC(C)(C)CC(=O)N1CCC(O)C1.Cc1ncsc1-c1ccc(C(C)NC=O)cc1.NC(=O)COCCOCCC(=O)O. The molecule has 0 aliphatic carbocycles. The summed E-state index contributed by atoms with van der Waals surface area (Å²) >= 11 is 1.64. The van der Waals surface area contributed by atoms with E-state index < -0.39 is 11.9 Å². The molecule has 262 valence electrons. The van der Waals surface area contributed by atoms with E-state index in [0.29, 0.717) is 13.0 Å². The molecular formula is C33H56N4O8S. The van der Waals surface area contributed by atoms with E-state index in [0.717, 1.165) is 30.6 Å². The molecule has 2 aromatic rings. The molecule has 0 spiro atoms. The summed E-state index contributed by atoms with van der Waals surface area (Å²) in [7, 11) is 0. The van der Waals surface area contributed by atoms with Crippen LogP contribution in [0.5, 0.6) is 0 Å². The van der Waals surface area contributed by atoms with E-state index in [9.17, 15) is 24.3 Å². The number of aromatic nitrogens is 1. The molecule has 12 nitrogen and oxygen atoms in total. The van der Waals surface area contributed by atoms with Crippen molar-refractivity contribution in [3.8, 4) is 10.4 Å². The number of hydrogen-bond acceptors (Lipinski definition) is 9. The molecular weight excluding hydrogens is 612 g/mol. The Labute approximate surface area is 278 Å².